The van der Waals surface area contributed by atoms with Crippen molar-refractivity contribution in [2.45, 2.75) is 328 Å². The monoisotopic (exact) mass is 1120 g/mol. The number of hydrogen-bond donors (Lipinski definition) is 2. The van der Waals surface area contributed by atoms with Crippen molar-refractivity contribution in [1.82, 2.24) is 0 Å². The number of rotatable bonds is 61. The van der Waals surface area contributed by atoms with Crippen LogP contribution in [0.25, 0.3) is 0 Å². The summed E-state index contributed by atoms with van der Waals surface area (Å²) in [7, 11) is -4.76. The van der Waals surface area contributed by atoms with E-state index in [0.717, 1.165) is 96.3 Å². The molecule has 456 valence electrons. The van der Waals surface area contributed by atoms with E-state index in [4.69, 9.17) is 23.3 Å². The average molecular weight is 1120 g/mol. The van der Waals surface area contributed by atoms with Gasteiger partial charge in [0, 0.05) is 19.3 Å². The van der Waals surface area contributed by atoms with Gasteiger partial charge in [-0.2, -0.15) is 0 Å². The molecule has 0 aromatic rings. The first-order valence-electron chi connectivity index (χ1n) is 32.5. The zero-order valence-electron chi connectivity index (χ0n) is 50.6. The van der Waals surface area contributed by atoms with Crippen molar-refractivity contribution in [2.24, 2.45) is 0 Å². The van der Waals surface area contributed by atoms with Crippen LogP contribution >= 0.6 is 7.82 Å². The van der Waals surface area contributed by atoms with Gasteiger partial charge in [0.05, 0.1) is 19.8 Å². The van der Waals surface area contributed by atoms with Crippen LogP contribution < -0.4 is 0 Å². The van der Waals surface area contributed by atoms with Crippen LogP contribution in [0.1, 0.15) is 316 Å². The minimum absolute atomic E-state index is 0.163. The van der Waals surface area contributed by atoms with E-state index in [1.807, 2.05) is 0 Å². The molecule has 0 aliphatic heterocycles. The predicted molar refractivity (Wildman–Crippen MR) is 325 cm³/mol. The largest absolute Gasteiger partial charge is 0.472 e. The zero-order chi connectivity index (χ0) is 56.9. The quantitative estimate of drug-likeness (QED) is 0.0197. The summed E-state index contributed by atoms with van der Waals surface area (Å²) in [5.41, 5.74) is 0. The van der Waals surface area contributed by atoms with Gasteiger partial charge in [-0.1, -0.05) is 262 Å². The number of unbranched alkanes of at least 4 members (excludes halogenated alkanes) is 36. The van der Waals surface area contributed by atoms with Gasteiger partial charge in [-0.25, -0.2) is 4.57 Å². The topological polar surface area (TPSA) is 155 Å². The lowest BCUT2D eigenvalue weighted by Gasteiger charge is -2.21. The second-order valence-electron chi connectivity index (χ2n) is 21.9. The summed E-state index contributed by atoms with van der Waals surface area (Å²) >= 11 is 0. The van der Waals surface area contributed by atoms with Crippen LogP contribution in [0.3, 0.4) is 0 Å². The number of carbonyl (C=O) groups excluding carboxylic acids is 3. The van der Waals surface area contributed by atoms with Gasteiger partial charge in [0.2, 0.25) is 0 Å². The molecule has 0 amide bonds. The summed E-state index contributed by atoms with van der Waals surface area (Å²) in [6, 6.07) is 0. The van der Waals surface area contributed by atoms with Crippen LogP contribution in [0.15, 0.2) is 48.6 Å². The molecule has 0 fully saturated rings. The van der Waals surface area contributed by atoms with Gasteiger partial charge in [-0.05, 0) is 83.5 Å². The van der Waals surface area contributed by atoms with Crippen molar-refractivity contribution in [1.29, 1.82) is 0 Å². The van der Waals surface area contributed by atoms with Crippen molar-refractivity contribution in [3.05, 3.63) is 48.6 Å². The smallest absolute Gasteiger partial charge is 0.462 e. The average Bonchev–Trinajstić information content (AvgIpc) is 3.43. The van der Waals surface area contributed by atoms with Gasteiger partial charge in [0.1, 0.15) is 12.7 Å². The van der Waals surface area contributed by atoms with E-state index in [1.165, 1.54) is 161 Å². The summed E-state index contributed by atoms with van der Waals surface area (Å²) in [4.78, 5) is 48.7. The summed E-state index contributed by atoms with van der Waals surface area (Å²) in [5.74, 6) is -1.46. The second kappa shape index (κ2) is 60.5. The van der Waals surface area contributed by atoms with Crippen LogP contribution in [-0.2, 0) is 42.2 Å². The molecule has 0 rings (SSSR count). The molecule has 2 N–H and O–H groups in total. The Morgan fingerprint density at radius 2 is 0.628 bits per heavy atom. The van der Waals surface area contributed by atoms with Gasteiger partial charge >= 0.3 is 25.7 Å². The zero-order valence-corrected chi connectivity index (χ0v) is 51.5. The Bertz CT molecular complexity index is 1490. The minimum Gasteiger partial charge on any atom is -0.462 e. The molecule has 3 unspecified atom stereocenters. The molecule has 0 saturated carbocycles. The third-order valence-corrected chi connectivity index (χ3v) is 15.2. The summed E-state index contributed by atoms with van der Waals surface area (Å²) < 4.78 is 39.7. The van der Waals surface area contributed by atoms with Crippen molar-refractivity contribution in [2.75, 3.05) is 26.4 Å². The fourth-order valence-corrected chi connectivity index (χ4v) is 10.0. The van der Waals surface area contributed by atoms with Gasteiger partial charge in [-0.15, -0.1) is 0 Å². The highest BCUT2D eigenvalue weighted by Crippen LogP contribution is 2.43. The van der Waals surface area contributed by atoms with Crippen molar-refractivity contribution in [3.63, 3.8) is 0 Å². The Morgan fingerprint density at radius 1 is 0.359 bits per heavy atom. The summed E-state index contributed by atoms with van der Waals surface area (Å²) in [5, 5.41) is 9.84. The van der Waals surface area contributed by atoms with Crippen molar-refractivity contribution < 1.29 is 52.2 Å². The lowest BCUT2D eigenvalue weighted by atomic mass is 10.0. The number of phosphoric acid groups is 1. The molecule has 0 aromatic heterocycles. The standard InChI is InChI=1S/C66H121O11P/c1-4-7-10-13-16-19-22-25-28-30-31-33-36-39-42-45-48-51-54-57-66(70)77-63(59-73-64(68)55-52-49-46-43-40-37-35-32-29-26-23-20-17-14-11-8-5-2)61-75-78(71,72)74-60-62(58-67)76-65(69)56-53-50-47-44-41-38-34-27-24-21-18-15-12-9-6-3/h17-18,20-21,26-27,29,34,62-63,67H,4-16,19,22-25,28,30-33,35-61H2,1-3H3,(H,71,72)/b20-17-,21-18-,29-26-,34-27-. The second-order valence-corrected chi connectivity index (χ2v) is 23.4. The van der Waals surface area contributed by atoms with Crippen LogP contribution in [-0.4, -0.2) is 66.5 Å². The van der Waals surface area contributed by atoms with E-state index in [2.05, 4.69) is 69.4 Å². The van der Waals surface area contributed by atoms with Gasteiger partial charge < -0.3 is 24.2 Å². The number of hydrogen-bond acceptors (Lipinski definition) is 10. The van der Waals surface area contributed by atoms with E-state index in [0.29, 0.717) is 19.3 Å². The van der Waals surface area contributed by atoms with Crippen LogP contribution in [0.4, 0.5) is 0 Å². The Balaban J connectivity index is 4.69. The maximum absolute atomic E-state index is 13.0. The van der Waals surface area contributed by atoms with E-state index in [1.54, 1.807) is 0 Å². The van der Waals surface area contributed by atoms with E-state index in [9.17, 15) is 28.9 Å². The number of aliphatic hydroxyl groups is 1. The predicted octanol–water partition coefficient (Wildman–Crippen LogP) is 19.7. The molecular formula is C66H121O11P. The minimum atomic E-state index is -4.76. The third-order valence-electron chi connectivity index (χ3n) is 14.2. The molecule has 3 atom stereocenters. The van der Waals surface area contributed by atoms with Crippen molar-refractivity contribution >= 4 is 25.7 Å². The molecule has 0 aliphatic rings. The molecule has 12 heteroatoms. The molecular weight excluding hydrogens is 1000 g/mol. The van der Waals surface area contributed by atoms with Gasteiger partial charge in [-0.3, -0.25) is 23.4 Å². The normalized spacial score (nSPS) is 13.6. The summed E-state index contributed by atoms with van der Waals surface area (Å²) in [6.07, 6.45) is 66.3. The first-order valence-corrected chi connectivity index (χ1v) is 34.0. The highest BCUT2D eigenvalue weighted by atomic mass is 31.2. The molecule has 0 aromatic carbocycles. The molecule has 0 aliphatic carbocycles. The highest BCUT2D eigenvalue weighted by Gasteiger charge is 2.28. The lowest BCUT2D eigenvalue weighted by molar-refractivity contribution is -0.161. The Labute approximate surface area is 479 Å². The molecule has 78 heavy (non-hydrogen) atoms. The number of esters is 3. The van der Waals surface area contributed by atoms with Crippen LogP contribution in [0, 0.1) is 0 Å². The molecule has 0 spiro atoms. The molecule has 0 radical (unpaired) electrons. The summed E-state index contributed by atoms with van der Waals surface area (Å²) in [6.45, 7) is 4.63. The van der Waals surface area contributed by atoms with Crippen molar-refractivity contribution in [3.8, 4) is 0 Å². The fraction of sp³-hybridized carbons (Fsp3) is 0.833. The lowest BCUT2D eigenvalue weighted by Crippen LogP contribution is -2.30. The first kappa shape index (κ1) is 75.4. The maximum Gasteiger partial charge on any atom is 0.472 e. The van der Waals surface area contributed by atoms with E-state index >= 15 is 0 Å². The Morgan fingerprint density at radius 3 is 0.974 bits per heavy atom. The highest BCUT2D eigenvalue weighted by molar-refractivity contribution is 7.47. The van der Waals surface area contributed by atoms with E-state index < -0.39 is 57.8 Å². The number of carbonyl (C=O) groups is 3. The fourth-order valence-electron chi connectivity index (χ4n) is 9.24. The molecule has 0 saturated heterocycles. The number of ether oxygens (including phenoxy) is 3. The Hall–Kier alpha value is -2.56. The number of aliphatic hydroxyl groups excluding tert-OH is 1. The number of allylic oxidation sites excluding steroid dienone is 8. The Kier molecular flexibility index (Phi) is 58.5. The molecule has 0 bridgehead atoms. The maximum atomic E-state index is 13.0. The molecule has 0 heterocycles. The number of phosphoric ester groups is 1. The molecule has 11 nitrogen and oxygen atoms in total. The van der Waals surface area contributed by atoms with Gasteiger partial charge in [0.15, 0.2) is 6.10 Å². The third kappa shape index (κ3) is 58.1. The first-order chi connectivity index (χ1) is 38.2. The SMILES string of the molecule is CCCCC/C=C\C/C=C\CCCCCCCCCC(=O)OCC(COP(=O)(O)OCC(CO)OC(=O)CCCCCCC/C=C\C/C=C\CCCCC)OC(=O)CCCCCCCCCCCCCCCCCCCCC. The van der Waals surface area contributed by atoms with Crippen LogP contribution in [0.5, 0.6) is 0 Å². The van der Waals surface area contributed by atoms with Crippen LogP contribution in [0.2, 0.25) is 0 Å². The van der Waals surface area contributed by atoms with E-state index in [-0.39, 0.29) is 25.9 Å². The van der Waals surface area contributed by atoms with Gasteiger partial charge in [0.25, 0.3) is 0 Å².